The second-order valence-corrected chi connectivity index (χ2v) is 11.4. The van der Waals surface area contributed by atoms with Gasteiger partial charge in [0, 0.05) is 4.91 Å². The highest BCUT2D eigenvalue weighted by molar-refractivity contribution is 6.74. The number of ether oxygens (including phenoxy) is 1. The van der Waals surface area contributed by atoms with E-state index in [0.29, 0.717) is 17.1 Å². The fourth-order valence-electron chi connectivity index (χ4n) is 1.62. The largest absolute Gasteiger partial charge is 0.541 e. The molecule has 1 N–H and O–H groups in total. The van der Waals surface area contributed by atoms with Gasteiger partial charge in [0.25, 0.3) is 8.32 Å². The third kappa shape index (κ3) is 4.40. The minimum Gasteiger partial charge on any atom is -0.541 e. The lowest BCUT2D eigenvalue weighted by Crippen LogP contribution is -2.43. The molecule has 0 heterocycles. The molecule has 0 spiro atoms. The lowest BCUT2D eigenvalue weighted by molar-refractivity contribution is 0.186. The third-order valence-corrected chi connectivity index (χ3v) is 8.40. The van der Waals surface area contributed by atoms with Crippen molar-refractivity contribution >= 4 is 8.32 Å². The molecule has 0 aliphatic carbocycles. The van der Waals surface area contributed by atoms with Gasteiger partial charge in [-0.1, -0.05) is 32.0 Å². The molecule has 0 aromatic heterocycles. The maximum absolute atomic E-state index is 9.97. The second kappa shape index (κ2) is 7.04. The van der Waals surface area contributed by atoms with Crippen LogP contribution in [0.4, 0.5) is 0 Å². The predicted molar refractivity (Wildman–Crippen MR) is 89.8 cm³/mol. The van der Waals surface area contributed by atoms with Crippen LogP contribution in [0.15, 0.2) is 23.3 Å². The molecule has 0 aliphatic heterocycles. The van der Waals surface area contributed by atoms with Crippen LogP contribution in [0, 0.1) is 0 Å². The molecule has 0 radical (unpaired) electrons. The molecule has 0 unspecified atom stereocenters. The molecule has 0 amide bonds. The minimum atomic E-state index is -1.97. The molecule has 0 aliphatic rings. The van der Waals surface area contributed by atoms with Crippen LogP contribution >= 0.6 is 0 Å². The Kier molecular flexibility index (Phi) is 5.88. The van der Waals surface area contributed by atoms with Crippen molar-refractivity contribution in [1.29, 1.82) is 0 Å². The first-order chi connectivity index (χ1) is 10.1. The number of hydrogen-bond acceptors (Lipinski definition) is 4. The van der Waals surface area contributed by atoms with Crippen LogP contribution in [-0.4, -0.2) is 27.1 Å². The number of nitrogens with zero attached hydrogens (tertiary/aromatic N) is 3. The Hall–Kier alpha value is -1.69. The van der Waals surface area contributed by atoms with Gasteiger partial charge in [0.2, 0.25) is 0 Å². The van der Waals surface area contributed by atoms with Crippen LogP contribution in [0.1, 0.15) is 32.4 Å². The highest BCUT2D eigenvalue weighted by Crippen LogP contribution is 2.40. The van der Waals surface area contributed by atoms with Gasteiger partial charge < -0.3 is 14.3 Å². The van der Waals surface area contributed by atoms with Crippen molar-refractivity contribution in [3.63, 3.8) is 0 Å². The SMILES string of the molecule is COc1cc([C@@H](O)CN=[N+]=[N-])ccc1O[Si](C)(C)C(C)(C)C. The lowest BCUT2D eigenvalue weighted by Gasteiger charge is -2.36. The van der Waals surface area contributed by atoms with Crippen molar-refractivity contribution in [2.45, 2.75) is 45.0 Å². The minimum absolute atomic E-state index is 0.0118. The van der Waals surface area contributed by atoms with E-state index in [9.17, 15) is 5.11 Å². The van der Waals surface area contributed by atoms with Crippen LogP contribution < -0.4 is 9.16 Å². The number of aliphatic hydroxyl groups excluding tert-OH is 1. The summed E-state index contributed by atoms with van der Waals surface area (Å²) in [5.74, 6) is 1.25. The average molecular weight is 323 g/mol. The number of methoxy groups -OCH3 is 1. The van der Waals surface area contributed by atoms with Crippen molar-refractivity contribution in [2.75, 3.05) is 13.7 Å². The Labute approximate surface area is 132 Å². The van der Waals surface area contributed by atoms with Gasteiger partial charge in [0.05, 0.1) is 19.8 Å². The van der Waals surface area contributed by atoms with Gasteiger partial charge in [0.15, 0.2) is 5.75 Å². The average Bonchev–Trinajstić information content (AvgIpc) is 2.43. The monoisotopic (exact) mass is 323 g/mol. The Morgan fingerprint density at radius 2 is 1.95 bits per heavy atom. The van der Waals surface area contributed by atoms with Crippen LogP contribution in [0.2, 0.25) is 18.1 Å². The summed E-state index contributed by atoms with van der Waals surface area (Å²) in [6, 6.07) is 5.29. The molecule has 0 fully saturated rings. The molecule has 1 atom stereocenters. The molecule has 1 aromatic rings. The number of azide groups is 1. The topological polar surface area (TPSA) is 87.5 Å². The number of benzene rings is 1. The molecular formula is C15H25N3O3Si. The normalized spacial score (nSPS) is 13.2. The third-order valence-electron chi connectivity index (χ3n) is 4.06. The standard InChI is InChI=1S/C15H25N3O3Si/c1-15(2,3)22(5,6)21-13-8-7-11(9-14(13)20-4)12(19)10-17-18-16/h7-9,12,19H,10H2,1-6H3/t12-/m0/s1. The Bertz CT molecular complexity index is 564. The molecule has 7 heteroatoms. The molecule has 122 valence electrons. The number of hydrogen-bond donors (Lipinski definition) is 1. The fourth-order valence-corrected chi connectivity index (χ4v) is 2.65. The van der Waals surface area contributed by atoms with Crippen molar-refractivity contribution in [2.24, 2.45) is 5.11 Å². The first kappa shape index (κ1) is 18.4. The van der Waals surface area contributed by atoms with Crippen molar-refractivity contribution < 1.29 is 14.3 Å². The van der Waals surface area contributed by atoms with Gasteiger partial charge >= 0.3 is 0 Å². The maximum Gasteiger partial charge on any atom is 0.250 e. The van der Waals surface area contributed by atoms with Crippen molar-refractivity contribution in [3.05, 3.63) is 34.2 Å². The van der Waals surface area contributed by atoms with Gasteiger partial charge in [-0.2, -0.15) is 0 Å². The molecule has 1 aromatic carbocycles. The molecule has 6 nitrogen and oxygen atoms in total. The summed E-state index contributed by atoms with van der Waals surface area (Å²) in [4.78, 5) is 2.65. The lowest BCUT2D eigenvalue weighted by atomic mass is 10.1. The van der Waals surface area contributed by atoms with E-state index < -0.39 is 14.4 Å². The van der Waals surface area contributed by atoms with E-state index in [2.05, 4.69) is 43.9 Å². The molecule has 1 rings (SSSR count). The van der Waals surface area contributed by atoms with Gasteiger partial charge in [-0.15, -0.1) is 0 Å². The Morgan fingerprint density at radius 3 is 2.45 bits per heavy atom. The molecule has 0 saturated heterocycles. The zero-order valence-electron chi connectivity index (χ0n) is 14.1. The van der Waals surface area contributed by atoms with E-state index in [1.165, 1.54) is 0 Å². The van der Waals surface area contributed by atoms with Gasteiger partial charge in [-0.3, -0.25) is 0 Å². The van der Waals surface area contributed by atoms with E-state index in [0.717, 1.165) is 0 Å². The highest BCUT2D eigenvalue weighted by atomic mass is 28.4. The zero-order chi connectivity index (χ0) is 17.0. The summed E-state index contributed by atoms with van der Waals surface area (Å²) in [5.41, 5.74) is 8.95. The summed E-state index contributed by atoms with van der Waals surface area (Å²) in [6.45, 7) is 10.8. The van der Waals surface area contributed by atoms with Crippen molar-refractivity contribution in [3.8, 4) is 11.5 Å². The van der Waals surface area contributed by atoms with Crippen LogP contribution in [0.25, 0.3) is 10.4 Å². The summed E-state index contributed by atoms with van der Waals surface area (Å²) < 4.78 is 11.6. The molecule has 0 saturated carbocycles. The van der Waals surface area contributed by atoms with Gasteiger partial charge in [-0.25, -0.2) is 0 Å². The number of aliphatic hydroxyl groups is 1. The smallest absolute Gasteiger partial charge is 0.250 e. The van der Waals surface area contributed by atoms with E-state index in [1.54, 1.807) is 25.3 Å². The van der Waals surface area contributed by atoms with E-state index in [-0.39, 0.29) is 11.6 Å². The van der Waals surface area contributed by atoms with E-state index >= 15 is 0 Å². The fraction of sp³-hybridized carbons (Fsp3) is 0.600. The van der Waals surface area contributed by atoms with E-state index in [4.69, 9.17) is 14.7 Å². The molecule has 0 bridgehead atoms. The highest BCUT2D eigenvalue weighted by Gasteiger charge is 2.39. The molecular weight excluding hydrogens is 298 g/mol. The van der Waals surface area contributed by atoms with Crippen LogP contribution in [-0.2, 0) is 0 Å². The summed E-state index contributed by atoms with van der Waals surface area (Å²) in [5, 5.41) is 13.4. The van der Waals surface area contributed by atoms with Crippen LogP contribution in [0.3, 0.4) is 0 Å². The zero-order valence-corrected chi connectivity index (χ0v) is 15.1. The van der Waals surface area contributed by atoms with Crippen molar-refractivity contribution in [1.82, 2.24) is 0 Å². The molecule has 22 heavy (non-hydrogen) atoms. The quantitative estimate of drug-likeness (QED) is 0.364. The van der Waals surface area contributed by atoms with Crippen LogP contribution in [0.5, 0.6) is 11.5 Å². The van der Waals surface area contributed by atoms with Gasteiger partial charge in [-0.05, 0) is 41.4 Å². The first-order valence-corrected chi connectivity index (χ1v) is 10.1. The number of rotatable bonds is 6. The Morgan fingerprint density at radius 1 is 1.32 bits per heavy atom. The summed E-state index contributed by atoms with van der Waals surface area (Å²) in [6.07, 6.45) is -0.855. The summed E-state index contributed by atoms with van der Waals surface area (Å²) >= 11 is 0. The second-order valence-electron chi connectivity index (χ2n) is 6.70. The predicted octanol–water partition coefficient (Wildman–Crippen LogP) is 4.42. The Balaban J connectivity index is 3.06. The van der Waals surface area contributed by atoms with E-state index in [1.807, 2.05) is 0 Å². The first-order valence-electron chi connectivity index (χ1n) is 7.18. The summed E-state index contributed by atoms with van der Waals surface area (Å²) in [7, 11) is -0.401. The maximum atomic E-state index is 9.97. The van der Waals surface area contributed by atoms with Gasteiger partial charge in [0.1, 0.15) is 5.75 Å².